The molecular formula is C22H20BrClN4O6. The van der Waals surface area contributed by atoms with Crippen molar-refractivity contribution in [1.29, 1.82) is 0 Å². The van der Waals surface area contributed by atoms with Gasteiger partial charge in [0.2, 0.25) is 5.75 Å². The summed E-state index contributed by atoms with van der Waals surface area (Å²) in [5.74, 6) is -0.749. The maximum Gasteiger partial charge on any atom is 0.346 e. The van der Waals surface area contributed by atoms with Crippen molar-refractivity contribution in [2.24, 2.45) is 5.10 Å². The molecule has 12 heteroatoms. The Labute approximate surface area is 207 Å². The molecule has 10 nitrogen and oxygen atoms in total. The number of rotatable bonds is 7. The number of esters is 1. The van der Waals surface area contributed by atoms with E-state index in [0.29, 0.717) is 21.2 Å². The molecule has 0 fully saturated rings. The van der Waals surface area contributed by atoms with Gasteiger partial charge in [-0.05, 0) is 31.2 Å². The Morgan fingerprint density at radius 2 is 2.00 bits per heavy atom. The molecule has 2 aromatic carbocycles. The number of carbonyl (C=O) groups is 1. The maximum atomic E-state index is 13.2. The van der Waals surface area contributed by atoms with Crippen molar-refractivity contribution in [3.8, 4) is 5.75 Å². The predicted octanol–water partition coefficient (Wildman–Crippen LogP) is 4.67. The Balaban J connectivity index is 2.22. The highest BCUT2D eigenvalue weighted by Crippen LogP contribution is 2.34. The zero-order valence-corrected chi connectivity index (χ0v) is 21.0. The van der Waals surface area contributed by atoms with E-state index in [1.807, 2.05) is 13.8 Å². The summed E-state index contributed by atoms with van der Waals surface area (Å²) in [5.41, 5.74) is -0.293. The van der Waals surface area contributed by atoms with Crippen LogP contribution in [0.4, 0.5) is 5.69 Å². The average molecular weight is 552 g/mol. The summed E-state index contributed by atoms with van der Waals surface area (Å²) in [6, 6.07) is 7.62. The van der Waals surface area contributed by atoms with E-state index in [4.69, 9.17) is 16.3 Å². The van der Waals surface area contributed by atoms with Crippen LogP contribution in [0.25, 0.3) is 10.9 Å². The minimum absolute atomic E-state index is 0.0446. The molecule has 0 aliphatic heterocycles. The highest BCUT2D eigenvalue weighted by Gasteiger charge is 2.25. The van der Waals surface area contributed by atoms with Crippen molar-refractivity contribution in [2.45, 2.75) is 32.8 Å². The van der Waals surface area contributed by atoms with Crippen LogP contribution in [-0.4, -0.2) is 40.0 Å². The molecule has 0 radical (unpaired) electrons. The second-order valence-corrected chi connectivity index (χ2v) is 8.88. The van der Waals surface area contributed by atoms with Crippen molar-refractivity contribution in [2.75, 3.05) is 7.11 Å². The summed E-state index contributed by atoms with van der Waals surface area (Å²) >= 11 is 9.43. The number of hydrogen-bond acceptors (Lipinski definition) is 8. The van der Waals surface area contributed by atoms with Gasteiger partial charge in [0, 0.05) is 27.0 Å². The lowest BCUT2D eigenvalue weighted by Gasteiger charge is -2.15. The molecule has 0 saturated heterocycles. The highest BCUT2D eigenvalue weighted by molar-refractivity contribution is 9.10. The van der Waals surface area contributed by atoms with Crippen molar-refractivity contribution in [1.82, 2.24) is 9.66 Å². The summed E-state index contributed by atoms with van der Waals surface area (Å²) in [5, 5.41) is 16.3. The molecule has 0 saturated carbocycles. The molecule has 0 bridgehead atoms. The zero-order chi connectivity index (χ0) is 25.2. The fourth-order valence-electron chi connectivity index (χ4n) is 3.12. The van der Waals surface area contributed by atoms with Crippen molar-refractivity contribution < 1.29 is 19.2 Å². The van der Waals surface area contributed by atoms with E-state index in [1.54, 1.807) is 18.2 Å². The topological polar surface area (TPSA) is 126 Å². The van der Waals surface area contributed by atoms with Crippen LogP contribution in [0.5, 0.6) is 5.75 Å². The summed E-state index contributed by atoms with van der Waals surface area (Å²) in [6.45, 7) is 5.10. The first-order chi connectivity index (χ1) is 16.0. The molecule has 1 atom stereocenters. The van der Waals surface area contributed by atoms with Crippen LogP contribution >= 0.6 is 27.5 Å². The number of methoxy groups -OCH3 is 1. The fourth-order valence-corrected chi connectivity index (χ4v) is 3.70. The number of ether oxygens (including phenoxy) is 2. The number of aromatic nitrogens is 2. The molecule has 0 aliphatic carbocycles. The molecule has 1 aromatic heterocycles. The van der Waals surface area contributed by atoms with Gasteiger partial charge in [0.25, 0.3) is 5.56 Å². The first kappa shape index (κ1) is 25.3. The first-order valence-corrected chi connectivity index (χ1v) is 11.2. The number of nitrogens with zero attached hydrogens (tertiary/aromatic N) is 4. The molecule has 1 heterocycles. The normalized spacial score (nSPS) is 12.3. The largest absolute Gasteiger partial charge is 0.471 e. The number of nitro groups is 1. The number of benzene rings is 2. The molecule has 0 unspecified atom stereocenters. The second-order valence-electron chi connectivity index (χ2n) is 7.53. The molecule has 0 amide bonds. The number of halogens is 2. The average Bonchev–Trinajstić information content (AvgIpc) is 2.78. The van der Waals surface area contributed by atoms with Crippen molar-refractivity contribution in [3.05, 3.63) is 71.7 Å². The van der Waals surface area contributed by atoms with Crippen LogP contribution in [0.2, 0.25) is 5.02 Å². The molecule has 3 aromatic rings. The first-order valence-electron chi connectivity index (χ1n) is 10.0. The Morgan fingerprint density at radius 1 is 1.29 bits per heavy atom. The van der Waals surface area contributed by atoms with Crippen LogP contribution in [0.15, 0.2) is 44.7 Å². The van der Waals surface area contributed by atoms with E-state index in [-0.39, 0.29) is 22.3 Å². The summed E-state index contributed by atoms with van der Waals surface area (Å²) in [7, 11) is 1.17. The molecule has 34 heavy (non-hydrogen) atoms. The molecule has 178 valence electrons. The van der Waals surface area contributed by atoms with Gasteiger partial charge in [-0.1, -0.05) is 41.4 Å². The maximum absolute atomic E-state index is 13.2. The third-order valence-corrected chi connectivity index (χ3v) is 5.46. The number of hydrogen-bond donors (Lipinski definition) is 0. The Hall–Kier alpha value is -3.31. The van der Waals surface area contributed by atoms with Gasteiger partial charge < -0.3 is 9.47 Å². The highest BCUT2D eigenvalue weighted by atomic mass is 79.9. The summed E-state index contributed by atoms with van der Waals surface area (Å²) < 4.78 is 12.0. The molecular weight excluding hydrogens is 532 g/mol. The lowest BCUT2D eigenvalue weighted by molar-refractivity contribution is -0.386. The van der Waals surface area contributed by atoms with Crippen LogP contribution in [0.1, 0.15) is 38.1 Å². The van der Waals surface area contributed by atoms with Crippen LogP contribution < -0.4 is 10.3 Å². The van der Waals surface area contributed by atoms with E-state index >= 15 is 0 Å². The van der Waals surface area contributed by atoms with Gasteiger partial charge in [0.05, 0.1) is 29.2 Å². The summed E-state index contributed by atoms with van der Waals surface area (Å²) in [6.07, 6.45) is 0.0578. The SMILES string of the molecule is COC(=O)[C@@H](C)Oc1c(C=Nn2c(C(C)C)nc3ccc(Br)cc3c2=O)cc(Cl)cc1[N+](=O)[O-]. The van der Waals surface area contributed by atoms with Gasteiger partial charge >= 0.3 is 11.7 Å². The molecule has 0 aliphatic rings. The number of fused-ring (bicyclic) bond motifs is 1. The van der Waals surface area contributed by atoms with Gasteiger partial charge in [0.1, 0.15) is 5.82 Å². The van der Waals surface area contributed by atoms with E-state index < -0.39 is 28.2 Å². The Bertz CT molecular complexity index is 1370. The van der Waals surface area contributed by atoms with E-state index in [2.05, 4.69) is 30.8 Å². The standard InChI is InChI=1S/C22H20BrClN4O6/c1-11(2)20-26-17-6-5-14(23)8-16(17)21(29)27(20)25-10-13-7-15(24)9-18(28(31)32)19(13)34-12(3)22(30)33-4/h5-12H,1-4H3/t12-/m1/s1. The fraction of sp³-hybridized carbons (Fsp3) is 0.273. The number of carbonyl (C=O) groups excluding carboxylic acids is 1. The lowest BCUT2D eigenvalue weighted by Crippen LogP contribution is -2.26. The van der Waals surface area contributed by atoms with E-state index in [1.165, 1.54) is 26.3 Å². The zero-order valence-electron chi connectivity index (χ0n) is 18.6. The van der Waals surface area contributed by atoms with E-state index in [9.17, 15) is 19.7 Å². The smallest absolute Gasteiger partial charge is 0.346 e. The quantitative estimate of drug-likeness (QED) is 0.181. The van der Waals surface area contributed by atoms with Gasteiger partial charge in [-0.15, -0.1) is 0 Å². The van der Waals surface area contributed by atoms with Gasteiger partial charge in [-0.25, -0.2) is 9.78 Å². The van der Waals surface area contributed by atoms with E-state index in [0.717, 1.165) is 10.7 Å². The van der Waals surface area contributed by atoms with Crippen molar-refractivity contribution >= 4 is 56.3 Å². The third-order valence-electron chi connectivity index (χ3n) is 4.75. The monoisotopic (exact) mass is 550 g/mol. The van der Waals surface area contributed by atoms with Crippen molar-refractivity contribution in [3.63, 3.8) is 0 Å². The van der Waals surface area contributed by atoms with Crippen LogP contribution in [0.3, 0.4) is 0 Å². The minimum atomic E-state index is -1.15. The van der Waals surface area contributed by atoms with Gasteiger partial charge in [0.15, 0.2) is 6.10 Å². The lowest BCUT2D eigenvalue weighted by atomic mass is 10.1. The second kappa shape index (κ2) is 10.3. The Kier molecular flexibility index (Phi) is 7.68. The van der Waals surface area contributed by atoms with Crippen LogP contribution in [0, 0.1) is 10.1 Å². The summed E-state index contributed by atoms with van der Waals surface area (Å²) in [4.78, 5) is 40.6. The minimum Gasteiger partial charge on any atom is -0.471 e. The molecule has 0 spiro atoms. The number of nitro benzene ring substituents is 1. The molecule has 0 N–H and O–H groups in total. The van der Waals surface area contributed by atoms with Crippen LogP contribution in [-0.2, 0) is 9.53 Å². The third kappa shape index (κ3) is 5.26. The predicted molar refractivity (Wildman–Crippen MR) is 131 cm³/mol. The molecule has 3 rings (SSSR count). The Morgan fingerprint density at radius 3 is 2.62 bits per heavy atom. The van der Waals surface area contributed by atoms with Gasteiger partial charge in [-0.2, -0.15) is 9.78 Å². The van der Waals surface area contributed by atoms with Gasteiger partial charge in [-0.3, -0.25) is 14.9 Å².